The van der Waals surface area contributed by atoms with Crippen molar-refractivity contribution in [2.24, 2.45) is 0 Å². The molecule has 0 heterocycles. The second kappa shape index (κ2) is 47.0. The van der Waals surface area contributed by atoms with Gasteiger partial charge in [0.2, 0.25) is 0 Å². The van der Waals surface area contributed by atoms with Crippen LogP contribution in [0.3, 0.4) is 0 Å². The quantitative estimate of drug-likeness (QED) is 0.0350. The lowest BCUT2D eigenvalue weighted by atomic mass is 10.1. The Morgan fingerprint density at radius 3 is 1.30 bits per heavy atom. The predicted molar refractivity (Wildman–Crippen MR) is 242 cm³/mol. The largest absolute Gasteiger partial charge is 0.462 e. The Morgan fingerprint density at radius 1 is 0.411 bits per heavy atom. The summed E-state index contributed by atoms with van der Waals surface area (Å²) in [7, 11) is 0. The number of ether oxygens (including phenoxy) is 3. The van der Waals surface area contributed by atoms with Crippen molar-refractivity contribution in [3.05, 3.63) is 60.8 Å². The van der Waals surface area contributed by atoms with Gasteiger partial charge in [-0.2, -0.15) is 0 Å². The van der Waals surface area contributed by atoms with Gasteiger partial charge in [0.15, 0.2) is 6.10 Å². The van der Waals surface area contributed by atoms with Gasteiger partial charge in [0, 0.05) is 19.4 Å². The van der Waals surface area contributed by atoms with E-state index in [1.165, 1.54) is 109 Å². The maximum atomic E-state index is 12.7. The van der Waals surface area contributed by atoms with Crippen LogP contribution in [0.4, 0.5) is 0 Å². The van der Waals surface area contributed by atoms with Crippen molar-refractivity contribution < 1.29 is 23.8 Å². The summed E-state index contributed by atoms with van der Waals surface area (Å²) in [6.45, 7) is 7.62. The van der Waals surface area contributed by atoms with Gasteiger partial charge < -0.3 is 14.2 Å². The molecule has 0 aliphatic heterocycles. The van der Waals surface area contributed by atoms with Crippen LogP contribution in [0.15, 0.2) is 60.8 Å². The molecule has 0 aromatic rings. The summed E-state index contributed by atoms with van der Waals surface area (Å²) in [5.41, 5.74) is 0. The molecule has 0 N–H and O–H groups in total. The number of hydrogen-bond donors (Lipinski definition) is 0. The van der Waals surface area contributed by atoms with Crippen molar-refractivity contribution in [1.29, 1.82) is 0 Å². The number of allylic oxidation sites excluding steroid dienone is 10. The third-order valence-electron chi connectivity index (χ3n) is 10.0. The molecule has 0 saturated heterocycles. The first-order valence-electron chi connectivity index (χ1n) is 23.8. The molecule has 0 aromatic carbocycles. The highest BCUT2D eigenvalue weighted by molar-refractivity contribution is 5.70. The van der Waals surface area contributed by atoms with Crippen LogP contribution in [-0.2, 0) is 23.8 Å². The van der Waals surface area contributed by atoms with E-state index in [0.29, 0.717) is 19.4 Å². The minimum absolute atomic E-state index is 0.0739. The maximum Gasteiger partial charge on any atom is 0.306 e. The number of carbonyl (C=O) groups excluding carboxylic acids is 2. The van der Waals surface area contributed by atoms with Gasteiger partial charge in [-0.3, -0.25) is 9.59 Å². The van der Waals surface area contributed by atoms with Crippen LogP contribution >= 0.6 is 0 Å². The molecular formula is C51H90O5. The Labute approximate surface area is 347 Å². The Bertz CT molecular complexity index is 977. The van der Waals surface area contributed by atoms with Crippen molar-refractivity contribution >= 4 is 11.9 Å². The monoisotopic (exact) mass is 783 g/mol. The molecule has 56 heavy (non-hydrogen) atoms. The predicted octanol–water partition coefficient (Wildman–Crippen LogP) is 15.8. The summed E-state index contributed by atoms with van der Waals surface area (Å²) in [5, 5.41) is 0. The van der Waals surface area contributed by atoms with E-state index in [-0.39, 0.29) is 25.2 Å². The van der Waals surface area contributed by atoms with Gasteiger partial charge in [-0.05, 0) is 89.9 Å². The Kier molecular flexibility index (Phi) is 45.0. The van der Waals surface area contributed by atoms with Crippen molar-refractivity contribution in [3.8, 4) is 0 Å². The zero-order valence-electron chi connectivity index (χ0n) is 37.1. The minimum atomic E-state index is -0.546. The molecule has 0 fully saturated rings. The number of unbranched alkanes of at least 4 members (excludes halogenated alkanes) is 22. The Balaban J connectivity index is 4.24. The fourth-order valence-electron chi connectivity index (χ4n) is 6.43. The molecule has 0 bridgehead atoms. The molecule has 0 aromatic heterocycles. The highest BCUT2D eigenvalue weighted by Crippen LogP contribution is 2.13. The fourth-order valence-corrected chi connectivity index (χ4v) is 6.43. The first-order valence-corrected chi connectivity index (χ1v) is 23.8. The summed E-state index contributed by atoms with van der Waals surface area (Å²) in [4.78, 5) is 25.2. The second-order valence-electron chi connectivity index (χ2n) is 15.6. The van der Waals surface area contributed by atoms with Crippen molar-refractivity contribution in [1.82, 2.24) is 0 Å². The van der Waals surface area contributed by atoms with Gasteiger partial charge in [-0.1, -0.05) is 184 Å². The number of carbonyl (C=O) groups is 2. The van der Waals surface area contributed by atoms with Crippen LogP contribution in [0.1, 0.15) is 226 Å². The summed E-state index contributed by atoms with van der Waals surface area (Å²) in [6.07, 6.45) is 57.9. The Morgan fingerprint density at radius 2 is 0.804 bits per heavy atom. The molecule has 0 spiro atoms. The molecule has 0 saturated carbocycles. The molecule has 1 atom stereocenters. The Hall–Kier alpha value is -2.40. The molecule has 0 amide bonds. The first kappa shape index (κ1) is 53.6. The molecule has 5 heteroatoms. The van der Waals surface area contributed by atoms with Gasteiger partial charge >= 0.3 is 11.9 Å². The summed E-state index contributed by atoms with van der Waals surface area (Å²) in [5.74, 6) is -0.423. The van der Waals surface area contributed by atoms with Crippen LogP contribution in [0.2, 0.25) is 0 Å². The van der Waals surface area contributed by atoms with E-state index in [9.17, 15) is 9.59 Å². The van der Waals surface area contributed by atoms with E-state index >= 15 is 0 Å². The lowest BCUT2D eigenvalue weighted by Gasteiger charge is -2.18. The third-order valence-corrected chi connectivity index (χ3v) is 10.0. The number of hydrogen-bond acceptors (Lipinski definition) is 5. The summed E-state index contributed by atoms with van der Waals surface area (Å²) in [6, 6.07) is 0. The molecular weight excluding hydrogens is 693 g/mol. The highest BCUT2D eigenvalue weighted by atomic mass is 16.6. The van der Waals surface area contributed by atoms with Crippen molar-refractivity contribution in [3.63, 3.8) is 0 Å². The zero-order valence-corrected chi connectivity index (χ0v) is 37.1. The fraction of sp³-hybridized carbons (Fsp3) is 0.765. The van der Waals surface area contributed by atoms with Gasteiger partial charge in [0.1, 0.15) is 6.61 Å². The topological polar surface area (TPSA) is 61.8 Å². The lowest BCUT2D eigenvalue weighted by Crippen LogP contribution is -2.30. The van der Waals surface area contributed by atoms with Crippen LogP contribution in [0, 0.1) is 0 Å². The number of rotatable bonds is 43. The van der Waals surface area contributed by atoms with Gasteiger partial charge in [-0.15, -0.1) is 0 Å². The molecule has 324 valence electrons. The normalized spacial score (nSPS) is 12.7. The van der Waals surface area contributed by atoms with E-state index < -0.39 is 6.10 Å². The van der Waals surface area contributed by atoms with Crippen LogP contribution < -0.4 is 0 Å². The van der Waals surface area contributed by atoms with E-state index in [1.807, 2.05) is 0 Å². The standard InChI is InChI=1S/C51H90O5/c1-4-7-10-13-16-19-22-23-24-25-26-27-28-31-34-37-40-43-46-54-47-49(56-51(53)45-42-39-36-33-30-21-18-15-12-9-6-3)48-55-50(52)44-41-38-35-32-29-20-17-14-11-8-5-2/h7,10,14-19,23-24,49H,4-6,8-9,11-13,20-22,25-48H2,1-3H3/b10-7-,17-14-,18-15-,19-16-,24-23-. The van der Waals surface area contributed by atoms with Crippen molar-refractivity contribution in [2.45, 2.75) is 232 Å². The summed E-state index contributed by atoms with van der Waals surface area (Å²) >= 11 is 0. The minimum Gasteiger partial charge on any atom is -0.462 e. The van der Waals surface area contributed by atoms with Crippen LogP contribution in [-0.4, -0.2) is 37.9 Å². The zero-order chi connectivity index (χ0) is 40.7. The van der Waals surface area contributed by atoms with Crippen LogP contribution in [0.25, 0.3) is 0 Å². The lowest BCUT2D eigenvalue weighted by molar-refractivity contribution is -0.163. The van der Waals surface area contributed by atoms with E-state index in [0.717, 1.165) is 83.5 Å². The smallest absolute Gasteiger partial charge is 0.306 e. The SMILES string of the molecule is CC/C=C\C/C=C\C/C=C\CCCCCCCCCCOCC(COC(=O)CCCCCCC/C=C\CCCC)OC(=O)CCCCCCC/C=C\CCCC. The molecule has 0 aliphatic carbocycles. The van der Waals surface area contributed by atoms with Crippen molar-refractivity contribution in [2.75, 3.05) is 19.8 Å². The van der Waals surface area contributed by atoms with E-state index in [4.69, 9.17) is 14.2 Å². The number of esters is 2. The molecule has 0 rings (SSSR count). The average molecular weight is 783 g/mol. The van der Waals surface area contributed by atoms with Gasteiger partial charge in [-0.25, -0.2) is 0 Å². The van der Waals surface area contributed by atoms with Crippen LogP contribution in [0.5, 0.6) is 0 Å². The highest BCUT2D eigenvalue weighted by Gasteiger charge is 2.17. The van der Waals surface area contributed by atoms with E-state index in [2.05, 4.69) is 81.5 Å². The molecule has 0 aliphatic rings. The average Bonchev–Trinajstić information content (AvgIpc) is 3.20. The molecule has 1 unspecified atom stereocenters. The van der Waals surface area contributed by atoms with E-state index in [1.54, 1.807) is 0 Å². The molecule has 0 radical (unpaired) electrons. The first-order chi connectivity index (χ1) is 27.6. The summed E-state index contributed by atoms with van der Waals surface area (Å²) < 4.78 is 17.3. The molecule has 5 nitrogen and oxygen atoms in total. The van der Waals surface area contributed by atoms with Gasteiger partial charge in [0.05, 0.1) is 6.61 Å². The maximum absolute atomic E-state index is 12.7. The third kappa shape index (κ3) is 44.3. The van der Waals surface area contributed by atoms with Gasteiger partial charge in [0.25, 0.3) is 0 Å². The second-order valence-corrected chi connectivity index (χ2v) is 15.6.